The molecular weight excluding hydrogens is 244 g/mol. The van der Waals surface area contributed by atoms with E-state index in [1.165, 1.54) is 10.8 Å². The van der Waals surface area contributed by atoms with Crippen LogP contribution in [0.1, 0.15) is 5.56 Å². The number of halogens is 1. The molecule has 2 aromatic rings. The van der Waals surface area contributed by atoms with Crippen LogP contribution < -0.4 is 17.0 Å². The van der Waals surface area contributed by atoms with Gasteiger partial charge in [-0.2, -0.15) is 0 Å². The van der Waals surface area contributed by atoms with Crippen LogP contribution in [0.5, 0.6) is 0 Å². The lowest BCUT2D eigenvalue weighted by molar-refractivity contribution is 0.720. The Labute approximate surface area is 101 Å². The Hall–Kier alpha value is -2.08. The van der Waals surface area contributed by atoms with Crippen molar-refractivity contribution in [3.63, 3.8) is 0 Å². The first-order valence-electron chi connectivity index (χ1n) is 4.76. The van der Waals surface area contributed by atoms with E-state index < -0.39 is 11.2 Å². The lowest BCUT2D eigenvalue weighted by atomic mass is 10.2. The van der Waals surface area contributed by atoms with E-state index in [9.17, 15) is 9.59 Å². The van der Waals surface area contributed by atoms with Crippen molar-refractivity contribution in [1.29, 1.82) is 0 Å². The summed E-state index contributed by atoms with van der Waals surface area (Å²) in [7, 11) is 0. The monoisotopic (exact) mass is 252 g/mol. The number of nitrogen functional groups attached to an aromatic ring is 1. The summed E-state index contributed by atoms with van der Waals surface area (Å²) in [4.78, 5) is 28.5. The molecule has 3 N–H and O–H groups in total. The maximum Gasteiger partial charge on any atom is 0.328 e. The van der Waals surface area contributed by atoms with Crippen molar-refractivity contribution in [3.05, 3.63) is 56.0 Å². The molecule has 0 amide bonds. The highest BCUT2D eigenvalue weighted by Crippen LogP contribution is 2.05. The maximum absolute atomic E-state index is 11.5. The molecule has 88 valence electrons. The predicted molar refractivity (Wildman–Crippen MR) is 64.1 cm³/mol. The number of H-pyrrole nitrogens is 1. The first kappa shape index (κ1) is 11.4. The van der Waals surface area contributed by atoms with Crippen molar-refractivity contribution in [2.75, 3.05) is 5.73 Å². The molecule has 2 rings (SSSR count). The van der Waals surface area contributed by atoms with Crippen LogP contribution in [0.15, 0.2) is 34.1 Å². The fraction of sp³-hybridized carbons (Fsp3) is 0.100. The van der Waals surface area contributed by atoms with Gasteiger partial charge in [-0.1, -0.05) is 11.6 Å². The van der Waals surface area contributed by atoms with Gasteiger partial charge in [-0.25, -0.2) is 9.78 Å². The Morgan fingerprint density at radius 3 is 2.94 bits per heavy atom. The van der Waals surface area contributed by atoms with Crippen LogP contribution in [0.3, 0.4) is 0 Å². The minimum Gasteiger partial charge on any atom is -0.384 e. The van der Waals surface area contributed by atoms with Crippen molar-refractivity contribution < 1.29 is 0 Å². The lowest BCUT2D eigenvalue weighted by Gasteiger charge is -2.05. The molecule has 6 nitrogen and oxygen atoms in total. The first-order chi connectivity index (χ1) is 8.06. The minimum atomic E-state index is -0.595. The number of pyridine rings is 1. The van der Waals surface area contributed by atoms with Gasteiger partial charge in [-0.3, -0.25) is 14.3 Å². The summed E-state index contributed by atoms with van der Waals surface area (Å²) >= 11 is 5.64. The van der Waals surface area contributed by atoms with E-state index in [2.05, 4.69) is 9.97 Å². The van der Waals surface area contributed by atoms with Crippen LogP contribution in [-0.4, -0.2) is 14.5 Å². The van der Waals surface area contributed by atoms with Crippen LogP contribution >= 0.6 is 11.6 Å². The molecule has 0 aliphatic rings. The molecule has 0 aromatic carbocycles. The SMILES string of the molecule is Nc1cc(Cn2cc(Cl)c(=O)[nH]c2=O)ccn1. The fourth-order valence-electron chi connectivity index (χ4n) is 1.39. The molecule has 7 heteroatoms. The molecule has 0 atom stereocenters. The summed E-state index contributed by atoms with van der Waals surface area (Å²) in [5, 5.41) is -0.0355. The molecule has 0 aliphatic carbocycles. The molecule has 0 spiro atoms. The number of anilines is 1. The second-order valence-electron chi connectivity index (χ2n) is 3.45. The minimum absolute atomic E-state index is 0.0355. The van der Waals surface area contributed by atoms with E-state index in [-0.39, 0.29) is 11.6 Å². The van der Waals surface area contributed by atoms with E-state index in [0.29, 0.717) is 5.82 Å². The van der Waals surface area contributed by atoms with E-state index in [1.54, 1.807) is 18.3 Å². The average Bonchev–Trinajstić information content (AvgIpc) is 2.26. The third kappa shape index (κ3) is 2.54. The van der Waals surface area contributed by atoms with Gasteiger partial charge in [0.05, 0.1) is 6.54 Å². The van der Waals surface area contributed by atoms with E-state index >= 15 is 0 Å². The Bertz CT molecular complexity index is 662. The van der Waals surface area contributed by atoms with Crippen LogP contribution in [0.25, 0.3) is 0 Å². The number of rotatable bonds is 2. The van der Waals surface area contributed by atoms with Crippen molar-refractivity contribution in [3.8, 4) is 0 Å². The smallest absolute Gasteiger partial charge is 0.328 e. The largest absolute Gasteiger partial charge is 0.384 e. The topological polar surface area (TPSA) is 93.8 Å². The highest BCUT2D eigenvalue weighted by Gasteiger charge is 2.03. The van der Waals surface area contributed by atoms with Gasteiger partial charge in [0.1, 0.15) is 10.8 Å². The predicted octanol–water partition coefficient (Wildman–Crippen LogP) is 0.216. The zero-order chi connectivity index (χ0) is 12.4. The summed E-state index contributed by atoms with van der Waals surface area (Å²) in [6, 6.07) is 3.37. The molecular formula is C10H9ClN4O2. The van der Waals surface area contributed by atoms with Crippen LogP contribution in [-0.2, 0) is 6.54 Å². The zero-order valence-electron chi connectivity index (χ0n) is 8.68. The molecule has 17 heavy (non-hydrogen) atoms. The quantitative estimate of drug-likeness (QED) is 0.799. The van der Waals surface area contributed by atoms with Gasteiger partial charge in [0.25, 0.3) is 5.56 Å². The Morgan fingerprint density at radius 2 is 2.24 bits per heavy atom. The number of nitrogens with zero attached hydrogens (tertiary/aromatic N) is 2. The second kappa shape index (κ2) is 4.42. The Morgan fingerprint density at radius 1 is 1.47 bits per heavy atom. The van der Waals surface area contributed by atoms with E-state index in [0.717, 1.165) is 5.56 Å². The number of nitrogens with one attached hydrogen (secondary N) is 1. The number of aromatic amines is 1. The number of aromatic nitrogens is 3. The van der Waals surface area contributed by atoms with Gasteiger partial charge in [0.2, 0.25) is 0 Å². The standard InChI is InChI=1S/C10H9ClN4O2/c11-7-5-15(10(17)14-9(7)16)4-6-1-2-13-8(12)3-6/h1-3,5H,4H2,(H2,12,13)(H,14,16,17). The third-order valence-corrected chi connectivity index (χ3v) is 2.44. The molecule has 0 saturated heterocycles. The molecule has 2 heterocycles. The highest BCUT2D eigenvalue weighted by atomic mass is 35.5. The molecule has 0 saturated carbocycles. The van der Waals surface area contributed by atoms with Gasteiger partial charge in [-0.05, 0) is 17.7 Å². The van der Waals surface area contributed by atoms with Crippen LogP contribution in [0.4, 0.5) is 5.82 Å². The van der Waals surface area contributed by atoms with Crippen molar-refractivity contribution in [1.82, 2.24) is 14.5 Å². The second-order valence-corrected chi connectivity index (χ2v) is 3.86. The van der Waals surface area contributed by atoms with Gasteiger partial charge in [0.15, 0.2) is 0 Å². The summed E-state index contributed by atoms with van der Waals surface area (Å²) in [6.07, 6.45) is 2.84. The molecule has 0 aliphatic heterocycles. The molecule has 0 unspecified atom stereocenters. The first-order valence-corrected chi connectivity index (χ1v) is 5.14. The molecule has 0 radical (unpaired) electrons. The normalized spacial score (nSPS) is 10.4. The fourth-order valence-corrected chi connectivity index (χ4v) is 1.55. The average molecular weight is 253 g/mol. The zero-order valence-corrected chi connectivity index (χ0v) is 9.44. The lowest BCUT2D eigenvalue weighted by Crippen LogP contribution is -2.29. The van der Waals surface area contributed by atoms with E-state index in [1.807, 2.05) is 0 Å². The molecule has 0 bridgehead atoms. The Kier molecular flexibility index (Phi) is 2.97. The number of hydrogen-bond acceptors (Lipinski definition) is 4. The molecule has 2 aromatic heterocycles. The summed E-state index contributed by atoms with van der Waals surface area (Å²) in [5.41, 5.74) is 5.20. The van der Waals surface area contributed by atoms with Gasteiger partial charge in [-0.15, -0.1) is 0 Å². The summed E-state index contributed by atoms with van der Waals surface area (Å²) in [5.74, 6) is 0.367. The van der Waals surface area contributed by atoms with Crippen molar-refractivity contribution >= 4 is 17.4 Å². The van der Waals surface area contributed by atoms with Gasteiger partial charge < -0.3 is 5.73 Å². The van der Waals surface area contributed by atoms with Crippen molar-refractivity contribution in [2.24, 2.45) is 0 Å². The Balaban J connectivity index is 2.40. The van der Waals surface area contributed by atoms with E-state index in [4.69, 9.17) is 17.3 Å². The highest BCUT2D eigenvalue weighted by molar-refractivity contribution is 6.30. The maximum atomic E-state index is 11.5. The summed E-state index contributed by atoms with van der Waals surface area (Å²) < 4.78 is 1.29. The molecule has 0 fully saturated rings. The third-order valence-electron chi connectivity index (χ3n) is 2.17. The van der Waals surface area contributed by atoms with Crippen LogP contribution in [0, 0.1) is 0 Å². The van der Waals surface area contributed by atoms with Crippen molar-refractivity contribution in [2.45, 2.75) is 6.54 Å². The number of hydrogen-bond donors (Lipinski definition) is 2. The van der Waals surface area contributed by atoms with Gasteiger partial charge >= 0.3 is 5.69 Å². The van der Waals surface area contributed by atoms with Crippen LogP contribution in [0.2, 0.25) is 5.02 Å². The van der Waals surface area contributed by atoms with Gasteiger partial charge in [0, 0.05) is 12.4 Å². The summed E-state index contributed by atoms with van der Waals surface area (Å²) in [6.45, 7) is 0.266. The number of nitrogens with two attached hydrogens (primary N) is 1.